The smallest absolute Gasteiger partial charge is 0.309 e. The molecule has 1 unspecified atom stereocenters. The van der Waals surface area contributed by atoms with E-state index in [1.807, 2.05) is 0 Å². The van der Waals surface area contributed by atoms with Crippen LogP contribution in [-0.4, -0.2) is 29.0 Å². The minimum atomic E-state index is -4.23. The normalized spacial score (nSPS) is 14.4. The Bertz CT molecular complexity index is 292. The summed E-state index contributed by atoms with van der Waals surface area (Å²) < 4.78 is 38.4. The number of hydrogen-bond acceptors (Lipinski definition) is 2. The van der Waals surface area contributed by atoms with E-state index in [0.717, 1.165) is 0 Å². The van der Waals surface area contributed by atoms with Gasteiger partial charge in [-0.3, -0.25) is 4.68 Å². The molecular weight excluding hydrogens is 195 g/mol. The summed E-state index contributed by atoms with van der Waals surface area (Å²) in [5, 5.41) is 6.11. The Morgan fingerprint density at radius 2 is 2.21 bits per heavy atom. The van der Waals surface area contributed by atoms with Crippen LogP contribution in [0.1, 0.15) is 5.69 Å². The van der Waals surface area contributed by atoms with Crippen LogP contribution in [0, 0.1) is 0 Å². The lowest BCUT2D eigenvalue weighted by molar-refractivity contribution is -0.154. The van der Waals surface area contributed by atoms with Gasteiger partial charge in [-0.05, 0) is 13.1 Å². The average molecular weight is 207 g/mol. The molecule has 14 heavy (non-hydrogen) atoms. The van der Waals surface area contributed by atoms with Gasteiger partial charge >= 0.3 is 6.18 Å². The highest BCUT2D eigenvalue weighted by atomic mass is 19.4. The summed E-state index contributed by atoms with van der Waals surface area (Å²) in [5.74, 6) is 0. The zero-order valence-electron chi connectivity index (χ0n) is 7.97. The second-order valence-electron chi connectivity index (χ2n) is 3.07. The van der Waals surface area contributed by atoms with Gasteiger partial charge in [-0.15, -0.1) is 0 Å². The largest absolute Gasteiger partial charge is 0.404 e. The van der Waals surface area contributed by atoms with Crippen LogP contribution in [0.2, 0.25) is 0 Å². The van der Waals surface area contributed by atoms with Crippen molar-refractivity contribution in [3.05, 3.63) is 18.0 Å². The number of rotatable bonds is 3. The molecule has 1 aromatic heterocycles. The first kappa shape index (κ1) is 11.0. The van der Waals surface area contributed by atoms with Crippen LogP contribution in [0.4, 0.5) is 13.2 Å². The Balaban J connectivity index is 2.66. The molecule has 3 nitrogen and oxygen atoms in total. The molecule has 0 amide bonds. The highest BCUT2D eigenvalue weighted by molar-refractivity contribution is 5.02. The van der Waals surface area contributed by atoms with Crippen LogP contribution >= 0.6 is 0 Å². The van der Waals surface area contributed by atoms with Crippen LogP contribution in [-0.2, 0) is 13.5 Å². The molecular formula is C8H12F3N3. The molecule has 0 spiro atoms. The topological polar surface area (TPSA) is 29.9 Å². The van der Waals surface area contributed by atoms with Crippen molar-refractivity contribution < 1.29 is 13.2 Å². The van der Waals surface area contributed by atoms with Crippen molar-refractivity contribution in [3.63, 3.8) is 0 Å². The molecule has 0 aromatic carbocycles. The Morgan fingerprint density at radius 3 is 2.57 bits per heavy atom. The predicted octanol–water partition coefficient (Wildman–Crippen LogP) is 1.11. The molecule has 1 heterocycles. The number of likely N-dealkylation sites (N-methyl/N-ethyl adjacent to an activating group) is 1. The van der Waals surface area contributed by atoms with E-state index in [2.05, 4.69) is 10.4 Å². The molecule has 0 aliphatic heterocycles. The van der Waals surface area contributed by atoms with Gasteiger partial charge in [0, 0.05) is 19.7 Å². The van der Waals surface area contributed by atoms with Crippen molar-refractivity contribution in [1.29, 1.82) is 0 Å². The van der Waals surface area contributed by atoms with Crippen LogP contribution < -0.4 is 5.32 Å². The first-order valence-electron chi connectivity index (χ1n) is 4.16. The zero-order valence-corrected chi connectivity index (χ0v) is 7.97. The standard InChI is InChI=1S/C8H12F3N3/c1-12-7(8(9,10)11)5-6-3-4-14(2)13-6/h3-4,7,12H,5H2,1-2H3. The Hall–Kier alpha value is -1.04. The SMILES string of the molecule is CNC(Cc1ccn(C)n1)C(F)(F)F. The number of alkyl halides is 3. The molecule has 0 saturated heterocycles. The summed E-state index contributed by atoms with van der Waals surface area (Å²) in [4.78, 5) is 0. The number of hydrogen-bond donors (Lipinski definition) is 1. The van der Waals surface area contributed by atoms with E-state index in [0.29, 0.717) is 5.69 Å². The second kappa shape index (κ2) is 4.00. The maximum Gasteiger partial charge on any atom is 0.404 e. The van der Waals surface area contributed by atoms with Crippen LogP contribution in [0.15, 0.2) is 12.3 Å². The molecule has 0 bridgehead atoms. The summed E-state index contributed by atoms with van der Waals surface area (Å²) in [7, 11) is 2.96. The first-order chi connectivity index (χ1) is 6.43. The number of nitrogens with one attached hydrogen (secondary N) is 1. The van der Waals surface area contributed by atoms with E-state index in [1.165, 1.54) is 11.7 Å². The molecule has 0 radical (unpaired) electrons. The molecule has 0 aliphatic carbocycles. The third-order valence-electron chi connectivity index (χ3n) is 1.93. The predicted molar refractivity (Wildman–Crippen MR) is 45.8 cm³/mol. The van der Waals surface area contributed by atoms with Crippen molar-refractivity contribution in [3.8, 4) is 0 Å². The van der Waals surface area contributed by atoms with Gasteiger partial charge in [-0.25, -0.2) is 0 Å². The summed E-state index contributed by atoms with van der Waals surface area (Å²) in [5.41, 5.74) is 0.434. The summed E-state index contributed by atoms with van der Waals surface area (Å²) >= 11 is 0. The van der Waals surface area contributed by atoms with E-state index < -0.39 is 12.2 Å². The molecule has 1 atom stereocenters. The molecule has 1 aromatic rings. The second-order valence-corrected chi connectivity index (χ2v) is 3.07. The van der Waals surface area contributed by atoms with Gasteiger partial charge in [0.25, 0.3) is 0 Å². The maximum atomic E-state index is 12.3. The summed E-state index contributed by atoms with van der Waals surface area (Å²) in [6.07, 6.45) is -2.74. The quantitative estimate of drug-likeness (QED) is 0.804. The van der Waals surface area contributed by atoms with Gasteiger partial charge in [-0.1, -0.05) is 0 Å². The fourth-order valence-corrected chi connectivity index (χ4v) is 1.16. The van der Waals surface area contributed by atoms with Gasteiger partial charge in [0.15, 0.2) is 0 Å². The molecule has 80 valence electrons. The lowest BCUT2D eigenvalue weighted by Crippen LogP contribution is -2.41. The van der Waals surface area contributed by atoms with Crippen molar-refractivity contribution in [2.45, 2.75) is 18.6 Å². The van der Waals surface area contributed by atoms with Crippen molar-refractivity contribution >= 4 is 0 Å². The lowest BCUT2D eigenvalue weighted by Gasteiger charge is -2.18. The maximum absolute atomic E-state index is 12.3. The third kappa shape index (κ3) is 2.73. The first-order valence-corrected chi connectivity index (χ1v) is 4.16. The van der Waals surface area contributed by atoms with Crippen molar-refractivity contribution in [2.24, 2.45) is 7.05 Å². The summed E-state index contributed by atoms with van der Waals surface area (Å²) in [6.45, 7) is 0. The van der Waals surface area contributed by atoms with Gasteiger partial charge in [0.05, 0.1) is 5.69 Å². The van der Waals surface area contributed by atoms with Crippen LogP contribution in [0.3, 0.4) is 0 Å². The van der Waals surface area contributed by atoms with Gasteiger partial charge in [-0.2, -0.15) is 18.3 Å². The van der Waals surface area contributed by atoms with Gasteiger partial charge in [0.2, 0.25) is 0 Å². The number of nitrogens with zero attached hydrogens (tertiary/aromatic N) is 2. The molecule has 1 N–H and O–H groups in total. The summed E-state index contributed by atoms with van der Waals surface area (Å²) in [6, 6.07) is 0.0493. The van der Waals surface area contributed by atoms with Gasteiger partial charge in [0.1, 0.15) is 6.04 Å². The van der Waals surface area contributed by atoms with E-state index in [4.69, 9.17) is 0 Å². The highest BCUT2D eigenvalue weighted by Gasteiger charge is 2.38. The molecule has 6 heteroatoms. The van der Waals surface area contributed by atoms with E-state index in [-0.39, 0.29) is 6.42 Å². The third-order valence-corrected chi connectivity index (χ3v) is 1.93. The average Bonchev–Trinajstić information content (AvgIpc) is 2.45. The minimum Gasteiger partial charge on any atom is -0.309 e. The van der Waals surface area contributed by atoms with Gasteiger partial charge < -0.3 is 5.32 Å². The van der Waals surface area contributed by atoms with E-state index in [1.54, 1.807) is 19.3 Å². The monoisotopic (exact) mass is 207 g/mol. The fraction of sp³-hybridized carbons (Fsp3) is 0.625. The molecule has 0 fully saturated rings. The van der Waals surface area contributed by atoms with Crippen LogP contribution in [0.25, 0.3) is 0 Å². The van der Waals surface area contributed by atoms with E-state index >= 15 is 0 Å². The Labute approximate surface area is 79.9 Å². The molecule has 0 aliphatic rings. The molecule has 0 saturated carbocycles. The van der Waals surface area contributed by atoms with E-state index in [9.17, 15) is 13.2 Å². The molecule has 1 rings (SSSR count). The number of aryl methyl sites for hydroxylation is 1. The highest BCUT2D eigenvalue weighted by Crippen LogP contribution is 2.22. The number of halogens is 3. The van der Waals surface area contributed by atoms with Crippen LogP contribution in [0.5, 0.6) is 0 Å². The fourth-order valence-electron chi connectivity index (χ4n) is 1.16. The minimum absolute atomic E-state index is 0.138. The lowest BCUT2D eigenvalue weighted by atomic mass is 10.1. The zero-order chi connectivity index (χ0) is 10.8. The Kier molecular flexibility index (Phi) is 3.15. The Morgan fingerprint density at radius 1 is 1.57 bits per heavy atom. The van der Waals surface area contributed by atoms with Crippen molar-refractivity contribution in [2.75, 3.05) is 7.05 Å². The van der Waals surface area contributed by atoms with Crippen molar-refractivity contribution in [1.82, 2.24) is 15.1 Å². The number of aromatic nitrogens is 2.